The zero-order chi connectivity index (χ0) is 18.1. The van der Waals surface area contributed by atoms with Crippen LogP contribution in [0.4, 0.5) is 18.9 Å². The summed E-state index contributed by atoms with van der Waals surface area (Å²) in [6.07, 6.45) is 1.19. The second-order valence-electron chi connectivity index (χ2n) is 5.40. The molecule has 128 valence electrons. The highest BCUT2D eigenvalue weighted by atomic mass is 19.1. The molecule has 0 bridgehead atoms. The molecule has 0 aliphatic heterocycles. The van der Waals surface area contributed by atoms with Crippen molar-refractivity contribution >= 4 is 5.69 Å². The lowest BCUT2D eigenvalue weighted by molar-refractivity contribution is 0.439. The van der Waals surface area contributed by atoms with E-state index in [0.29, 0.717) is 11.8 Å². The zero-order valence-electron chi connectivity index (χ0n) is 13.1. The van der Waals surface area contributed by atoms with E-state index in [1.807, 2.05) is 0 Å². The third kappa shape index (κ3) is 3.21. The van der Waals surface area contributed by atoms with Crippen molar-refractivity contribution in [1.29, 1.82) is 0 Å². The number of aromatic amines is 1. The van der Waals surface area contributed by atoms with Crippen LogP contribution < -0.4 is 16.0 Å². The van der Waals surface area contributed by atoms with E-state index in [1.54, 1.807) is 0 Å². The van der Waals surface area contributed by atoms with Crippen LogP contribution >= 0.6 is 0 Å². The minimum Gasteiger partial charge on any atom is -0.454 e. The molecule has 1 aromatic heterocycles. The number of nitrogen functional groups attached to an aromatic ring is 1. The Morgan fingerprint density at radius 3 is 2.44 bits per heavy atom. The molecule has 2 aromatic carbocycles. The van der Waals surface area contributed by atoms with Gasteiger partial charge in [0.25, 0.3) is 5.56 Å². The Labute approximate surface area is 140 Å². The summed E-state index contributed by atoms with van der Waals surface area (Å²) < 4.78 is 46.8. The molecule has 0 atom stereocenters. The molecule has 0 radical (unpaired) electrons. The Morgan fingerprint density at radius 1 is 1.00 bits per heavy atom. The lowest BCUT2D eigenvalue weighted by Crippen LogP contribution is -2.12. The van der Waals surface area contributed by atoms with E-state index >= 15 is 0 Å². The maximum Gasteiger partial charge on any atom is 0.253 e. The number of H-pyrrole nitrogens is 1. The minimum absolute atomic E-state index is 0.0434. The monoisotopic (exact) mass is 346 g/mol. The SMILES string of the molecule is Cc1c(F)c(-c2cc(N)ccc2Oc2ccc(F)cc2F)c[nH]c1=O. The Morgan fingerprint density at radius 2 is 1.72 bits per heavy atom. The molecule has 0 amide bonds. The number of nitrogens with one attached hydrogen (secondary N) is 1. The number of anilines is 1. The topological polar surface area (TPSA) is 68.1 Å². The molecule has 0 aliphatic carbocycles. The predicted octanol–water partition coefficient (Wildman–Crippen LogP) is 4.14. The average Bonchev–Trinajstić information content (AvgIpc) is 2.57. The van der Waals surface area contributed by atoms with Crippen LogP contribution in [0.2, 0.25) is 0 Å². The van der Waals surface area contributed by atoms with Gasteiger partial charge in [0, 0.05) is 29.1 Å². The standard InChI is InChI=1S/C18H13F3N2O2/c1-9-17(21)13(8-23-18(9)24)12-7-11(22)3-5-15(12)25-16-4-2-10(19)6-14(16)20/h2-8H,22H2,1H3,(H,23,24). The molecule has 0 unspecified atom stereocenters. The highest BCUT2D eigenvalue weighted by Gasteiger charge is 2.17. The summed E-state index contributed by atoms with van der Waals surface area (Å²) in [6.45, 7) is 1.34. The second-order valence-corrected chi connectivity index (χ2v) is 5.40. The highest BCUT2D eigenvalue weighted by molar-refractivity contribution is 5.74. The number of benzene rings is 2. The lowest BCUT2D eigenvalue weighted by Gasteiger charge is -2.14. The summed E-state index contributed by atoms with van der Waals surface area (Å²) in [4.78, 5) is 13.9. The number of ether oxygens (including phenoxy) is 1. The van der Waals surface area contributed by atoms with E-state index in [4.69, 9.17) is 10.5 Å². The van der Waals surface area contributed by atoms with E-state index in [-0.39, 0.29) is 28.2 Å². The number of hydrogen-bond acceptors (Lipinski definition) is 3. The summed E-state index contributed by atoms with van der Waals surface area (Å²) >= 11 is 0. The first kappa shape index (κ1) is 16.6. The first-order chi connectivity index (χ1) is 11.9. The van der Waals surface area contributed by atoms with Gasteiger partial charge in [-0.05, 0) is 37.3 Å². The van der Waals surface area contributed by atoms with Crippen molar-refractivity contribution in [3.63, 3.8) is 0 Å². The normalized spacial score (nSPS) is 10.7. The van der Waals surface area contributed by atoms with Gasteiger partial charge in [0.15, 0.2) is 11.6 Å². The van der Waals surface area contributed by atoms with E-state index < -0.39 is 23.0 Å². The maximum atomic E-state index is 14.5. The average molecular weight is 346 g/mol. The van der Waals surface area contributed by atoms with E-state index in [0.717, 1.165) is 12.1 Å². The van der Waals surface area contributed by atoms with E-state index in [1.165, 1.54) is 31.3 Å². The number of halogens is 3. The van der Waals surface area contributed by atoms with Crippen LogP contribution in [0, 0.1) is 24.4 Å². The smallest absolute Gasteiger partial charge is 0.253 e. The minimum atomic E-state index is -0.902. The quantitative estimate of drug-likeness (QED) is 0.700. The molecular weight excluding hydrogens is 333 g/mol. The van der Waals surface area contributed by atoms with Gasteiger partial charge in [-0.2, -0.15) is 0 Å². The number of hydrogen-bond donors (Lipinski definition) is 2. The Balaban J connectivity index is 2.14. The van der Waals surface area contributed by atoms with Crippen LogP contribution in [-0.2, 0) is 0 Å². The number of aromatic nitrogens is 1. The van der Waals surface area contributed by atoms with Gasteiger partial charge in [-0.15, -0.1) is 0 Å². The molecule has 0 fully saturated rings. The summed E-state index contributed by atoms with van der Waals surface area (Å²) in [5.74, 6) is -2.51. The van der Waals surface area contributed by atoms with Crippen molar-refractivity contribution in [3.8, 4) is 22.6 Å². The summed E-state index contributed by atoms with van der Waals surface area (Å²) in [5, 5.41) is 0. The molecule has 1 heterocycles. The van der Waals surface area contributed by atoms with Gasteiger partial charge in [0.1, 0.15) is 17.4 Å². The summed E-state index contributed by atoms with van der Waals surface area (Å²) in [5.41, 5.74) is 5.69. The third-order valence-corrected chi connectivity index (χ3v) is 3.66. The van der Waals surface area contributed by atoms with Crippen molar-refractivity contribution in [2.24, 2.45) is 0 Å². The molecule has 0 spiro atoms. The van der Waals surface area contributed by atoms with E-state index in [2.05, 4.69) is 4.98 Å². The van der Waals surface area contributed by atoms with Crippen LogP contribution in [0.25, 0.3) is 11.1 Å². The Hall–Kier alpha value is -3.22. The van der Waals surface area contributed by atoms with Gasteiger partial charge < -0.3 is 15.5 Å². The fourth-order valence-electron chi connectivity index (χ4n) is 2.33. The molecule has 3 N–H and O–H groups in total. The van der Waals surface area contributed by atoms with Gasteiger partial charge in [-0.1, -0.05) is 0 Å². The van der Waals surface area contributed by atoms with Gasteiger partial charge in [0.05, 0.1) is 5.56 Å². The van der Waals surface area contributed by atoms with Crippen LogP contribution in [0.5, 0.6) is 11.5 Å². The molecule has 3 rings (SSSR count). The third-order valence-electron chi connectivity index (χ3n) is 3.66. The first-order valence-electron chi connectivity index (χ1n) is 7.27. The van der Waals surface area contributed by atoms with Crippen LogP contribution in [0.1, 0.15) is 5.56 Å². The largest absolute Gasteiger partial charge is 0.454 e. The van der Waals surface area contributed by atoms with Gasteiger partial charge >= 0.3 is 0 Å². The maximum absolute atomic E-state index is 14.5. The van der Waals surface area contributed by atoms with Crippen LogP contribution in [-0.4, -0.2) is 4.98 Å². The molecule has 0 saturated heterocycles. The van der Waals surface area contributed by atoms with E-state index in [9.17, 15) is 18.0 Å². The van der Waals surface area contributed by atoms with Crippen molar-refractivity contribution in [2.45, 2.75) is 6.92 Å². The van der Waals surface area contributed by atoms with Crippen LogP contribution in [0.3, 0.4) is 0 Å². The number of rotatable bonds is 3. The predicted molar refractivity (Wildman–Crippen MR) is 88.0 cm³/mol. The van der Waals surface area contributed by atoms with Crippen molar-refractivity contribution in [1.82, 2.24) is 4.98 Å². The highest BCUT2D eigenvalue weighted by Crippen LogP contribution is 2.36. The van der Waals surface area contributed by atoms with Gasteiger partial charge in [-0.25, -0.2) is 13.2 Å². The van der Waals surface area contributed by atoms with Crippen molar-refractivity contribution < 1.29 is 17.9 Å². The van der Waals surface area contributed by atoms with Crippen molar-refractivity contribution in [2.75, 3.05) is 5.73 Å². The molecular formula is C18H13F3N2O2. The van der Waals surface area contributed by atoms with Crippen LogP contribution in [0.15, 0.2) is 47.4 Å². The molecule has 4 nitrogen and oxygen atoms in total. The van der Waals surface area contributed by atoms with Gasteiger partial charge in [0.2, 0.25) is 0 Å². The number of nitrogens with two attached hydrogens (primary N) is 1. The molecule has 0 aliphatic rings. The fraction of sp³-hybridized carbons (Fsp3) is 0.0556. The molecule has 3 aromatic rings. The lowest BCUT2D eigenvalue weighted by atomic mass is 10.0. The second kappa shape index (κ2) is 6.35. The molecule has 25 heavy (non-hydrogen) atoms. The molecule has 7 heteroatoms. The molecule has 0 saturated carbocycles. The zero-order valence-corrected chi connectivity index (χ0v) is 13.1. The Bertz CT molecular complexity index is 1020. The summed E-state index contributed by atoms with van der Waals surface area (Å²) in [7, 11) is 0. The first-order valence-corrected chi connectivity index (χ1v) is 7.27. The number of pyridine rings is 1. The fourth-order valence-corrected chi connectivity index (χ4v) is 2.33. The van der Waals surface area contributed by atoms with Crippen molar-refractivity contribution in [3.05, 3.63) is 76.0 Å². The van der Waals surface area contributed by atoms with Gasteiger partial charge in [-0.3, -0.25) is 4.79 Å². The Kier molecular flexibility index (Phi) is 4.22. The summed E-state index contributed by atoms with van der Waals surface area (Å²) in [6, 6.07) is 7.22.